The fraction of sp³-hybridized carbons (Fsp3) is 0.381. The molecule has 148 valence electrons. The quantitative estimate of drug-likeness (QED) is 0.793. The van der Waals surface area contributed by atoms with Crippen LogP contribution < -0.4 is 19.7 Å². The fourth-order valence-electron chi connectivity index (χ4n) is 3.92. The van der Waals surface area contributed by atoms with E-state index in [1.54, 1.807) is 18.2 Å². The van der Waals surface area contributed by atoms with Crippen LogP contribution in [0.5, 0.6) is 11.5 Å². The maximum Gasteiger partial charge on any atom is 0.279 e. The van der Waals surface area contributed by atoms with Crippen LogP contribution in [0.1, 0.15) is 30.9 Å². The molecule has 2 aliphatic rings. The molecule has 0 bridgehead atoms. The van der Waals surface area contributed by atoms with E-state index in [0.717, 1.165) is 37.3 Å². The van der Waals surface area contributed by atoms with Gasteiger partial charge in [0.25, 0.3) is 5.91 Å². The maximum absolute atomic E-state index is 12.6. The van der Waals surface area contributed by atoms with Gasteiger partial charge in [-0.1, -0.05) is 23.2 Å². The second-order valence-corrected chi connectivity index (χ2v) is 8.05. The minimum atomic E-state index is -0.0691. The molecule has 1 fully saturated rings. The van der Waals surface area contributed by atoms with Crippen LogP contribution in [0.3, 0.4) is 0 Å². The van der Waals surface area contributed by atoms with Crippen molar-refractivity contribution in [3.8, 4) is 11.5 Å². The van der Waals surface area contributed by atoms with Gasteiger partial charge < -0.3 is 19.7 Å². The SMILES string of the molecule is O=C(C[NH+]1CCC[C@@H]1c1ccc2c(c1)OCCCO2)Nc1cc(Cl)ccc1Cl. The molecule has 0 saturated carbocycles. The Morgan fingerprint density at radius 1 is 1.07 bits per heavy atom. The molecule has 0 spiro atoms. The Kier molecular flexibility index (Phi) is 5.95. The van der Waals surface area contributed by atoms with Gasteiger partial charge in [0.1, 0.15) is 6.04 Å². The lowest BCUT2D eigenvalue weighted by Crippen LogP contribution is -3.11. The van der Waals surface area contributed by atoms with Gasteiger partial charge in [-0.05, 0) is 36.4 Å². The van der Waals surface area contributed by atoms with Crippen molar-refractivity contribution in [2.24, 2.45) is 0 Å². The summed E-state index contributed by atoms with van der Waals surface area (Å²) in [7, 11) is 0. The van der Waals surface area contributed by atoms with Gasteiger partial charge in [-0.2, -0.15) is 0 Å². The molecule has 2 aromatic rings. The second-order valence-electron chi connectivity index (χ2n) is 7.21. The van der Waals surface area contributed by atoms with Gasteiger partial charge in [0.2, 0.25) is 0 Å². The lowest BCUT2D eigenvalue weighted by Gasteiger charge is -2.22. The van der Waals surface area contributed by atoms with Crippen molar-refractivity contribution in [2.75, 3.05) is 31.6 Å². The number of halogens is 2. The van der Waals surface area contributed by atoms with Crippen molar-refractivity contribution in [3.05, 3.63) is 52.0 Å². The molecule has 0 radical (unpaired) electrons. The summed E-state index contributed by atoms with van der Waals surface area (Å²) < 4.78 is 11.6. The van der Waals surface area contributed by atoms with E-state index in [0.29, 0.717) is 35.5 Å². The lowest BCUT2D eigenvalue weighted by atomic mass is 10.0. The average Bonchev–Trinajstić information content (AvgIpc) is 3.00. The number of fused-ring (bicyclic) bond motifs is 1. The highest BCUT2D eigenvalue weighted by atomic mass is 35.5. The van der Waals surface area contributed by atoms with Crippen LogP contribution in [0.4, 0.5) is 5.69 Å². The molecule has 1 unspecified atom stereocenters. The van der Waals surface area contributed by atoms with Gasteiger partial charge in [-0.25, -0.2) is 0 Å². The number of nitrogens with one attached hydrogen (secondary N) is 2. The average molecular weight is 422 g/mol. The summed E-state index contributed by atoms with van der Waals surface area (Å²) >= 11 is 12.2. The predicted molar refractivity (Wildman–Crippen MR) is 110 cm³/mol. The number of ether oxygens (including phenoxy) is 2. The molecule has 4 rings (SSSR count). The summed E-state index contributed by atoms with van der Waals surface area (Å²) in [6.45, 7) is 2.68. The smallest absolute Gasteiger partial charge is 0.279 e. The maximum atomic E-state index is 12.6. The van der Waals surface area contributed by atoms with E-state index in [1.165, 1.54) is 10.5 Å². The molecule has 2 heterocycles. The normalized spacial score (nSPS) is 21.2. The van der Waals surface area contributed by atoms with Crippen LogP contribution >= 0.6 is 23.2 Å². The Balaban J connectivity index is 1.45. The summed E-state index contributed by atoms with van der Waals surface area (Å²) in [5, 5.41) is 3.91. The summed E-state index contributed by atoms with van der Waals surface area (Å²) in [5.41, 5.74) is 1.73. The summed E-state index contributed by atoms with van der Waals surface area (Å²) in [5.74, 6) is 1.53. The van der Waals surface area contributed by atoms with E-state index in [-0.39, 0.29) is 11.9 Å². The molecule has 1 amide bonds. The van der Waals surface area contributed by atoms with Crippen molar-refractivity contribution >= 4 is 34.8 Å². The van der Waals surface area contributed by atoms with Crippen LogP contribution in [-0.2, 0) is 4.79 Å². The first-order valence-corrected chi connectivity index (χ1v) is 10.3. The first-order valence-electron chi connectivity index (χ1n) is 9.59. The number of amides is 1. The molecule has 2 aromatic carbocycles. The van der Waals surface area contributed by atoms with Gasteiger partial charge in [0, 0.05) is 29.8 Å². The molecule has 0 aliphatic carbocycles. The number of rotatable bonds is 4. The number of carbonyl (C=O) groups is 1. The van der Waals surface area contributed by atoms with E-state index in [1.807, 2.05) is 6.07 Å². The Morgan fingerprint density at radius 2 is 1.89 bits per heavy atom. The third-order valence-electron chi connectivity index (χ3n) is 5.25. The van der Waals surface area contributed by atoms with Crippen molar-refractivity contribution in [1.82, 2.24) is 0 Å². The molecule has 7 heteroatoms. The van der Waals surface area contributed by atoms with Crippen molar-refractivity contribution in [1.29, 1.82) is 0 Å². The van der Waals surface area contributed by atoms with Crippen LogP contribution in [-0.4, -0.2) is 32.2 Å². The lowest BCUT2D eigenvalue weighted by molar-refractivity contribution is -0.910. The molecule has 1 saturated heterocycles. The number of hydrogen-bond donors (Lipinski definition) is 2. The molecular weight excluding hydrogens is 399 g/mol. The highest BCUT2D eigenvalue weighted by molar-refractivity contribution is 6.35. The van der Waals surface area contributed by atoms with E-state index >= 15 is 0 Å². The predicted octanol–water partition coefficient (Wildman–Crippen LogP) is 3.51. The van der Waals surface area contributed by atoms with Crippen molar-refractivity contribution in [3.63, 3.8) is 0 Å². The second kappa shape index (κ2) is 8.60. The number of likely N-dealkylation sites (tertiary alicyclic amines) is 1. The Labute approximate surface area is 174 Å². The highest BCUT2D eigenvalue weighted by Crippen LogP contribution is 2.33. The van der Waals surface area contributed by atoms with Crippen molar-refractivity contribution < 1.29 is 19.2 Å². The van der Waals surface area contributed by atoms with Crippen LogP contribution in [0, 0.1) is 0 Å². The number of quaternary nitrogens is 1. The third-order valence-corrected chi connectivity index (χ3v) is 5.81. The first kappa shape index (κ1) is 19.4. The van der Waals surface area contributed by atoms with Gasteiger partial charge in [-0.15, -0.1) is 0 Å². The van der Waals surface area contributed by atoms with Crippen LogP contribution in [0.15, 0.2) is 36.4 Å². The number of anilines is 1. The molecular formula is C21H23Cl2N2O3+. The summed E-state index contributed by atoms with van der Waals surface area (Å²) in [6, 6.07) is 11.5. The van der Waals surface area contributed by atoms with Gasteiger partial charge in [-0.3, -0.25) is 4.79 Å². The van der Waals surface area contributed by atoms with Crippen molar-refractivity contribution in [2.45, 2.75) is 25.3 Å². The first-order chi connectivity index (χ1) is 13.6. The molecule has 2 atom stereocenters. The van der Waals surface area contributed by atoms with Crippen LogP contribution in [0.2, 0.25) is 10.0 Å². The van der Waals surface area contributed by atoms with Gasteiger partial charge in [0.05, 0.1) is 30.5 Å². The number of benzene rings is 2. The molecule has 2 aliphatic heterocycles. The number of hydrogen-bond acceptors (Lipinski definition) is 3. The van der Waals surface area contributed by atoms with E-state index in [9.17, 15) is 4.79 Å². The summed E-state index contributed by atoms with van der Waals surface area (Å²) in [4.78, 5) is 13.8. The monoisotopic (exact) mass is 421 g/mol. The Bertz CT molecular complexity index is 875. The Hall–Kier alpha value is -1.95. The van der Waals surface area contributed by atoms with Gasteiger partial charge >= 0.3 is 0 Å². The number of carbonyl (C=O) groups excluding carboxylic acids is 1. The molecule has 0 aromatic heterocycles. The molecule has 28 heavy (non-hydrogen) atoms. The zero-order chi connectivity index (χ0) is 19.5. The van der Waals surface area contributed by atoms with E-state index in [2.05, 4.69) is 17.4 Å². The van der Waals surface area contributed by atoms with Gasteiger partial charge in [0.15, 0.2) is 18.0 Å². The zero-order valence-electron chi connectivity index (χ0n) is 15.5. The molecule has 5 nitrogen and oxygen atoms in total. The minimum Gasteiger partial charge on any atom is -0.490 e. The highest BCUT2D eigenvalue weighted by Gasteiger charge is 2.32. The summed E-state index contributed by atoms with van der Waals surface area (Å²) in [6.07, 6.45) is 3.01. The van der Waals surface area contributed by atoms with Crippen LogP contribution in [0.25, 0.3) is 0 Å². The largest absolute Gasteiger partial charge is 0.490 e. The topological polar surface area (TPSA) is 52.0 Å². The van der Waals surface area contributed by atoms with E-state index < -0.39 is 0 Å². The standard InChI is InChI=1S/C21H22Cl2N2O3/c22-15-5-6-16(23)17(12-15)24-21(26)13-25-8-1-3-18(25)14-4-7-19-20(11-14)28-10-2-9-27-19/h4-7,11-12,18H,1-3,8-10,13H2,(H,24,26)/p+1/t18-/m1/s1. The molecule has 2 N–H and O–H groups in total. The van der Waals surface area contributed by atoms with E-state index in [4.69, 9.17) is 32.7 Å². The zero-order valence-corrected chi connectivity index (χ0v) is 17.0. The fourth-order valence-corrected chi connectivity index (χ4v) is 4.25. The third kappa shape index (κ3) is 4.37. The minimum absolute atomic E-state index is 0.0691. The Morgan fingerprint density at radius 3 is 2.75 bits per heavy atom.